The number of aliphatic carboxylic acids is 1. The zero-order chi connectivity index (χ0) is 23.5. The summed E-state index contributed by atoms with van der Waals surface area (Å²) in [6, 6.07) is 12.8. The van der Waals surface area contributed by atoms with Crippen LogP contribution in [0.25, 0.3) is 27.6 Å². The molecule has 1 aliphatic heterocycles. The monoisotopic (exact) mass is 514 g/mol. The highest BCUT2D eigenvalue weighted by molar-refractivity contribution is 8.26. The van der Waals surface area contributed by atoms with Crippen molar-refractivity contribution in [3.63, 3.8) is 0 Å². The van der Waals surface area contributed by atoms with Crippen molar-refractivity contribution in [2.45, 2.75) is 13.8 Å². The summed E-state index contributed by atoms with van der Waals surface area (Å²) in [7, 11) is 0. The average molecular weight is 515 g/mol. The molecule has 2 aromatic heterocycles. The molecule has 1 saturated heterocycles. The maximum absolute atomic E-state index is 12.5. The van der Waals surface area contributed by atoms with Gasteiger partial charge in [-0.05, 0) is 55.8 Å². The molecule has 0 spiro atoms. The summed E-state index contributed by atoms with van der Waals surface area (Å²) in [4.78, 5) is 29.4. The molecule has 0 radical (unpaired) electrons. The van der Waals surface area contributed by atoms with Gasteiger partial charge in [0, 0.05) is 37.9 Å². The molecule has 1 fully saturated rings. The van der Waals surface area contributed by atoms with Gasteiger partial charge in [-0.1, -0.05) is 42.2 Å². The lowest BCUT2D eigenvalue weighted by Gasteiger charge is -2.20. The Hall–Kier alpha value is -2.46. The van der Waals surface area contributed by atoms with Crippen LogP contribution in [0.15, 0.2) is 41.3 Å². The molecule has 3 heterocycles. The molecule has 0 saturated carbocycles. The molecule has 1 amide bonds. The van der Waals surface area contributed by atoms with Crippen molar-refractivity contribution in [1.29, 1.82) is 0 Å². The van der Waals surface area contributed by atoms with Gasteiger partial charge >= 0.3 is 5.97 Å². The highest BCUT2D eigenvalue weighted by Gasteiger charge is 2.33. The fourth-order valence-electron chi connectivity index (χ4n) is 3.49. The Kier molecular flexibility index (Phi) is 7.33. The third-order valence-corrected chi connectivity index (χ3v) is 8.73. The van der Waals surface area contributed by atoms with Crippen LogP contribution in [0.5, 0.6) is 0 Å². The van der Waals surface area contributed by atoms with E-state index < -0.39 is 12.5 Å². The molecule has 1 N–H and O–H groups in total. The first-order valence-electron chi connectivity index (χ1n) is 10.4. The number of hydrogen-bond acceptors (Lipinski definition) is 7. The summed E-state index contributed by atoms with van der Waals surface area (Å²) >= 11 is 9.61. The Balaban J connectivity index is 1.46. The number of carbonyl (C=O) groups excluding carboxylic acids is 1. The normalized spacial score (nSPS) is 15.5. The number of carboxylic acid groups (broad SMARTS) is 1. The number of nitrogens with zero attached hydrogens (tertiary/aromatic N) is 2. The van der Waals surface area contributed by atoms with Crippen LogP contribution in [0, 0.1) is 0 Å². The predicted molar refractivity (Wildman–Crippen MR) is 146 cm³/mol. The summed E-state index contributed by atoms with van der Waals surface area (Å²) in [5, 5.41) is 8.96. The fraction of sp³-hybridized carbons (Fsp3) is 0.208. The third-order valence-electron chi connectivity index (χ3n) is 5.15. The summed E-state index contributed by atoms with van der Waals surface area (Å²) in [5.74, 6) is -1.43. The van der Waals surface area contributed by atoms with Gasteiger partial charge in [-0.2, -0.15) is 0 Å². The van der Waals surface area contributed by atoms with Crippen molar-refractivity contribution < 1.29 is 14.7 Å². The predicted octanol–water partition coefficient (Wildman–Crippen LogP) is 6.27. The summed E-state index contributed by atoms with van der Waals surface area (Å²) in [5.41, 5.74) is 2.40. The maximum atomic E-state index is 12.5. The molecular formula is C24H22N2O3S4. The Morgan fingerprint density at radius 1 is 1.06 bits per heavy atom. The molecule has 4 rings (SSSR count). The van der Waals surface area contributed by atoms with E-state index in [2.05, 4.69) is 67.3 Å². The van der Waals surface area contributed by atoms with E-state index >= 15 is 0 Å². The third kappa shape index (κ3) is 5.38. The molecule has 0 unspecified atom stereocenters. The van der Waals surface area contributed by atoms with Crippen LogP contribution in [0.2, 0.25) is 0 Å². The first-order valence-corrected chi connectivity index (χ1v) is 13.3. The topological polar surface area (TPSA) is 60.9 Å². The number of carbonyl (C=O) groups is 2. The maximum Gasteiger partial charge on any atom is 0.323 e. The standard InChI is InChI=1S/C24H22N2O3S4/c1-3-25(4-2)16-8-5-15(6-9-16)7-10-17-11-19-20(31-17)12-18(32-19)13-21-23(29)26(14-22(27)28)24(30)33-21/h5-13H,3-4,14H2,1-2H3,(H,27,28)/b10-7+,21-13+. The molecule has 170 valence electrons. The summed E-state index contributed by atoms with van der Waals surface area (Å²) < 4.78 is 2.59. The molecule has 5 nitrogen and oxygen atoms in total. The largest absolute Gasteiger partial charge is 0.480 e. The van der Waals surface area contributed by atoms with Crippen molar-refractivity contribution in [3.8, 4) is 0 Å². The Morgan fingerprint density at radius 2 is 1.70 bits per heavy atom. The number of hydrogen-bond donors (Lipinski definition) is 1. The van der Waals surface area contributed by atoms with E-state index in [-0.39, 0.29) is 10.2 Å². The number of thiophene rings is 2. The SMILES string of the molecule is CCN(CC)c1ccc(/C=C/c2cc3sc(/C=C4/SC(=S)N(CC(=O)O)C4=O)cc3s2)cc1. The minimum atomic E-state index is -1.08. The number of benzene rings is 1. The Morgan fingerprint density at radius 3 is 2.33 bits per heavy atom. The summed E-state index contributed by atoms with van der Waals surface area (Å²) in [6.07, 6.45) is 6.04. The van der Waals surface area contributed by atoms with Crippen molar-refractivity contribution >= 4 is 96.2 Å². The van der Waals surface area contributed by atoms with Crippen molar-refractivity contribution in [2.24, 2.45) is 0 Å². The van der Waals surface area contributed by atoms with E-state index in [1.165, 1.54) is 10.6 Å². The number of fused-ring (bicyclic) bond motifs is 1. The Bertz CT molecular complexity index is 1240. The van der Waals surface area contributed by atoms with Gasteiger partial charge in [-0.3, -0.25) is 14.5 Å². The van der Waals surface area contributed by atoms with Crippen LogP contribution in [-0.2, 0) is 9.59 Å². The second-order valence-corrected chi connectivity index (χ2v) is 11.2. The second kappa shape index (κ2) is 10.2. The van der Waals surface area contributed by atoms with Crippen LogP contribution in [0.3, 0.4) is 0 Å². The number of rotatable bonds is 8. The number of amides is 1. The fourth-order valence-corrected chi connectivity index (χ4v) is 7.08. The van der Waals surface area contributed by atoms with Gasteiger partial charge in [-0.15, -0.1) is 22.7 Å². The number of thiocarbonyl (C=S) groups is 1. The summed E-state index contributed by atoms with van der Waals surface area (Å²) in [6.45, 7) is 5.91. The molecular weight excluding hydrogens is 493 g/mol. The van der Waals surface area contributed by atoms with E-state index in [1.807, 2.05) is 0 Å². The van der Waals surface area contributed by atoms with Gasteiger partial charge < -0.3 is 10.0 Å². The molecule has 0 atom stereocenters. The zero-order valence-corrected chi connectivity index (χ0v) is 21.4. The second-order valence-electron chi connectivity index (χ2n) is 7.28. The lowest BCUT2D eigenvalue weighted by Crippen LogP contribution is -2.33. The molecule has 3 aromatic rings. The van der Waals surface area contributed by atoms with Gasteiger partial charge in [0.1, 0.15) is 10.9 Å². The molecule has 0 aliphatic carbocycles. The minimum absolute atomic E-state index is 0.282. The number of anilines is 1. The molecule has 33 heavy (non-hydrogen) atoms. The molecule has 0 bridgehead atoms. The van der Waals surface area contributed by atoms with E-state index in [1.54, 1.807) is 28.7 Å². The van der Waals surface area contributed by atoms with Crippen LogP contribution in [0.4, 0.5) is 5.69 Å². The Labute approximate surface area is 210 Å². The first-order chi connectivity index (χ1) is 15.9. The molecule has 9 heteroatoms. The van der Waals surface area contributed by atoms with Gasteiger partial charge in [0.2, 0.25) is 0 Å². The van der Waals surface area contributed by atoms with E-state index in [4.69, 9.17) is 17.3 Å². The first kappa shape index (κ1) is 23.7. The van der Waals surface area contributed by atoms with Gasteiger partial charge in [0.15, 0.2) is 0 Å². The number of carboxylic acids is 1. The van der Waals surface area contributed by atoms with E-state index in [0.717, 1.165) is 49.6 Å². The molecule has 1 aromatic carbocycles. The van der Waals surface area contributed by atoms with Crippen molar-refractivity contribution in [3.05, 3.63) is 56.6 Å². The van der Waals surface area contributed by atoms with Gasteiger partial charge in [0.05, 0.1) is 4.91 Å². The van der Waals surface area contributed by atoms with Crippen LogP contribution in [0.1, 0.15) is 29.2 Å². The minimum Gasteiger partial charge on any atom is -0.480 e. The van der Waals surface area contributed by atoms with Crippen LogP contribution >= 0.6 is 46.7 Å². The van der Waals surface area contributed by atoms with E-state index in [9.17, 15) is 9.59 Å². The number of thioether (sulfide) groups is 1. The average Bonchev–Trinajstić information content (AvgIpc) is 3.41. The van der Waals surface area contributed by atoms with Gasteiger partial charge in [0.25, 0.3) is 5.91 Å². The quantitative estimate of drug-likeness (QED) is 0.283. The highest BCUT2D eigenvalue weighted by atomic mass is 32.2. The van der Waals surface area contributed by atoms with Crippen LogP contribution < -0.4 is 4.90 Å². The van der Waals surface area contributed by atoms with Crippen LogP contribution in [-0.4, -0.2) is 45.8 Å². The molecule has 1 aliphatic rings. The highest BCUT2D eigenvalue weighted by Crippen LogP contribution is 2.38. The lowest BCUT2D eigenvalue weighted by molar-refractivity contribution is -0.140. The lowest BCUT2D eigenvalue weighted by atomic mass is 10.1. The van der Waals surface area contributed by atoms with Crippen molar-refractivity contribution in [1.82, 2.24) is 4.90 Å². The van der Waals surface area contributed by atoms with Crippen molar-refractivity contribution in [2.75, 3.05) is 24.5 Å². The van der Waals surface area contributed by atoms with E-state index in [0.29, 0.717) is 4.91 Å². The van der Waals surface area contributed by atoms with Gasteiger partial charge in [-0.25, -0.2) is 0 Å². The zero-order valence-electron chi connectivity index (χ0n) is 18.1. The smallest absolute Gasteiger partial charge is 0.323 e.